The molecule has 2 aromatic rings. The lowest BCUT2D eigenvalue weighted by Gasteiger charge is -2.32. The number of ether oxygens (including phenoxy) is 2. The van der Waals surface area contributed by atoms with E-state index >= 15 is 0 Å². The fraction of sp³-hybridized carbons (Fsp3) is 0.480. The molecule has 0 atom stereocenters. The maximum atomic E-state index is 12.7. The molecule has 3 rings (SSSR count). The van der Waals surface area contributed by atoms with Crippen molar-refractivity contribution in [1.82, 2.24) is 4.90 Å². The molecule has 1 aliphatic rings. The summed E-state index contributed by atoms with van der Waals surface area (Å²) in [7, 11) is 3.24. The maximum absolute atomic E-state index is 12.7. The topological polar surface area (TPSA) is 64.8 Å². The summed E-state index contributed by atoms with van der Waals surface area (Å²) in [6.45, 7) is 3.34. The van der Waals surface area contributed by atoms with E-state index in [9.17, 15) is 4.79 Å². The number of benzene rings is 2. The van der Waals surface area contributed by atoms with Crippen LogP contribution in [0, 0.1) is 5.92 Å². The number of hydrogen-bond acceptors (Lipinski definition) is 5. The lowest BCUT2D eigenvalue weighted by molar-refractivity contribution is 0.0959. The molecule has 176 valence electrons. The van der Waals surface area contributed by atoms with Crippen molar-refractivity contribution in [2.75, 3.05) is 39.6 Å². The quantitative estimate of drug-likeness (QED) is 0.350. The SMILES string of the molecule is COc1ccc(CCCN2CCC(CCC(=O)c3cc(Cl)c(N)cc3OC)CC2)cc1.Cl. The molecule has 0 bridgehead atoms. The van der Waals surface area contributed by atoms with Crippen LogP contribution in [-0.2, 0) is 6.42 Å². The third-order valence-electron chi connectivity index (χ3n) is 6.20. The van der Waals surface area contributed by atoms with Gasteiger partial charge in [0.1, 0.15) is 11.5 Å². The molecule has 1 saturated heterocycles. The van der Waals surface area contributed by atoms with Crippen LogP contribution >= 0.6 is 24.0 Å². The van der Waals surface area contributed by atoms with Gasteiger partial charge >= 0.3 is 0 Å². The van der Waals surface area contributed by atoms with Crippen LogP contribution in [0.1, 0.15) is 48.0 Å². The molecule has 0 spiro atoms. The van der Waals surface area contributed by atoms with Crippen LogP contribution in [0.4, 0.5) is 5.69 Å². The lowest BCUT2D eigenvalue weighted by atomic mass is 9.90. The predicted octanol–water partition coefficient (Wildman–Crippen LogP) is 5.67. The Morgan fingerprint density at radius 3 is 2.44 bits per heavy atom. The molecule has 2 aromatic carbocycles. The Labute approximate surface area is 202 Å². The van der Waals surface area contributed by atoms with Crippen LogP contribution in [0.5, 0.6) is 11.5 Å². The number of halogens is 2. The van der Waals surface area contributed by atoms with Gasteiger partial charge in [-0.05, 0) is 81.4 Å². The number of methoxy groups -OCH3 is 2. The molecular weight excluding hydrogens is 447 g/mol. The summed E-state index contributed by atoms with van der Waals surface area (Å²) < 4.78 is 10.5. The Bertz CT molecular complexity index is 866. The number of nitrogens with two attached hydrogens (primary N) is 1. The minimum absolute atomic E-state index is 0. The first-order valence-corrected chi connectivity index (χ1v) is 11.4. The highest BCUT2D eigenvalue weighted by Crippen LogP contribution is 2.31. The van der Waals surface area contributed by atoms with E-state index in [0.29, 0.717) is 34.4 Å². The molecular formula is C25H34Cl2N2O3. The molecule has 32 heavy (non-hydrogen) atoms. The van der Waals surface area contributed by atoms with Crippen molar-refractivity contribution < 1.29 is 14.3 Å². The van der Waals surface area contributed by atoms with Crippen molar-refractivity contribution in [2.24, 2.45) is 5.92 Å². The minimum Gasteiger partial charge on any atom is -0.497 e. The Balaban J connectivity index is 0.00000363. The highest BCUT2D eigenvalue weighted by molar-refractivity contribution is 6.33. The van der Waals surface area contributed by atoms with E-state index < -0.39 is 0 Å². The number of nitrogens with zero attached hydrogens (tertiary/aromatic N) is 1. The summed E-state index contributed by atoms with van der Waals surface area (Å²) in [4.78, 5) is 15.3. The number of anilines is 1. The molecule has 0 saturated carbocycles. The van der Waals surface area contributed by atoms with Gasteiger partial charge in [-0.25, -0.2) is 0 Å². The maximum Gasteiger partial charge on any atom is 0.166 e. The molecule has 0 unspecified atom stereocenters. The number of carbonyl (C=O) groups excluding carboxylic acids is 1. The first-order chi connectivity index (χ1) is 15.0. The van der Waals surface area contributed by atoms with E-state index in [1.165, 1.54) is 5.56 Å². The van der Waals surface area contributed by atoms with Crippen LogP contribution in [0.25, 0.3) is 0 Å². The summed E-state index contributed by atoms with van der Waals surface area (Å²) in [5.41, 5.74) is 8.12. The number of ketones is 1. The van der Waals surface area contributed by atoms with E-state index in [0.717, 1.165) is 57.5 Å². The number of Topliss-reactive ketones (excluding diaryl/α,β-unsaturated/α-hetero) is 1. The van der Waals surface area contributed by atoms with Gasteiger partial charge in [0.05, 0.1) is 30.5 Å². The molecule has 1 heterocycles. The minimum atomic E-state index is 0. The van der Waals surface area contributed by atoms with Crippen LogP contribution < -0.4 is 15.2 Å². The Morgan fingerprint density at radius 1 is 1.12 bits per heavy atom. The van der Waals surface area contributed by atoms with Crippen molar-refractivity contribution >= 4 is 35.5 Å². The standard InChI is InChI=1S/C25H33ClN2O3.ClH/c1-30-20-8-5-18(6-9-20)4-3-13-28-14-11-19(12-15-28)7-10-24(29)21-16-22(26)23(27)17-25(21)31-2;/h5-6,8-9,16-17,19H,3-4,7,10-15,27H2,1-2H3;1H. The summed E-state index contributed by atoms with van der Waals surface area (Å²) in [5.74, 6) is 2.07. The number of aryl methyl sites for hydroxylation is 1. The van der Waals surface area contributed by atoms with Gasteiger partial charge < -0.3 is 20.1 Å². The Morgan fingerprint density at radius 2 is 1.81 bits per heavy atom. The molecule has 0 radical (unpaired) electrons. The zero-order valence-corrected chi connectivity index (χ0v) is 20.5. The number of likely N-dealkylation sites (tertiary alicyclic amines) is 1. The number of carbonyl (C=O) groups is 1. The number of hydrogen-bond donors (Lipinski definition) is 1. The third kappa shape index (κ3) is 7.29. The van der Waals surface area contributed by atoms with Gasteiger partial charge in [0.25, 0.3) is 0 Å². The second-order valence-electron chi connectivity index (χ2n) is 8.27. The molecule has 0 amide bonds. The van der Waals surface area contributed by atoms with Crippen molar-refractivity contribution in [1.29, 1.82) is 0 Å². The largest absolute Gasteiger partial charge is 0.497 e. The van der Waals surface area contributed by atoms with Gasteiger partial charge in [-0.1, -0.05) is 23.7 Å². The van der Waals surface area contributed by atoms with Crippen molar-refractivity contribution in [3.05, 3.63) is 52.5 Å². The molecule has 0 aliphatic carbocycles. The molecule has 1 aliphatic heterocycles. The number of piperidine rings is 1. The zero-order valence-electron chi connectivity index (χ0n) is 18.9. The van der Waals surface area contributed by atoms with Gasteiger partial charge in [-0.2, -0.15) is 0 Å². The average Bonchev–Trinajstić information content (AvgIpc) is 2.80. The van der Waals surface area contributed by atoms with E-state index in [2.05, 4.69) is 17.0 Å². The lowest BCUT2D eigenvalue weighted by Crippen LogP contribution is -2.34. The van der Waals surface area contributed by atoms with Gasteiger partial charge in [-0.3, -0.25) is 4.79 Å². The van der Waals surface area contributed by atoms with Crippen LogP contribution in [-0.4, -0.2) is 44.5 Å². The molecule has 1 fully saturated rings. The fourth-order valence-electron chi connectivity index (χ4n) is 4.22. The van der Waals surface area contributed by atoms with Gasteiger partial charge in [0.15, 0.2) is 5.78 Å². The third-order valence-corrected chi connectivity index (χ3v) is 6.53. The highest BCUT2D eigenvalue weighted by atomic mass is 35.5. The second kappa shape index (κ2) is 12.9. The van der Waals surface area contributed by atoms with Crippen LogP contribution in [0.15, 0.2) is 36.4 Å². The first-order valence-electron chi connectivity index (χ1n) is 11.0. The average molecular weight is 481 g/mol. The second-order valence-corrected chi connectivity index (χ2v) is 8.68. The van der Waals surface area contributed by atoms with Gasteiger partial charge in [0.2, 0.25) is 0 Å². The molecule has 5 nitrogen and oxygen atoms in total. The molecule has 7 heteroatoms. The Kier molecular flexibility index (Phi) is 10.6. The number of nitrogen functional groups attached to an aromatic ring is 1. The smallest absolute Gasteiger partial charge is 0.166 e. The van der Waals surface area contributed by atoms with Crippen molar-refractivity contribution in [2.45, 2.75) is 38.5 Å². The number of rotatable bonds is 10. The summed E-state index contributed by atoms with van der Waals surface area (Å²) >= 11 is 6.10. The van der Waals surface area contributed by atoms with E-state index in [-0.39, 0.29) is 18.2 Å². The van der Waals surface area contributed by atoms with E-state index in [1.54, 1.807) is 26.4 Å². The van der Waals surface area contributed by atoms with E-state index in [1.807, 2.05) is 12.1 Å². The van der Waals surface area contributed by atoms with Gasteiger partial charge in [-0.15, -0.1) is 12.4 Å². The summed E-state index contributed by atoms with van der Waals surface area (Å²) in [5, 5.41) is 0.395. The van der Waals surface area contributed by atoms with Gasteiger partial charge in [0, 0.05) is 12.5 Å². The first kappa shape index (κ1) is 26.3. The fourth-order valence-corrected chi connectivity index (χ4v) is 4.39. The molecule has 0 aromatic heterocycles. The normalized spacial score (nSPS) is 14.6. The van der Waals surface area contributed by atoms with Crippen molar-refractivity contribution in [3.8, 4) is 11.5 Å². The summed E-state index contributed by atoms with van der Waals surface area (Å²) in [6, 6.07) is 11.6. The van der Waals surface area contributed by atoms with Crippen molar-refractivity contribution in [3.63, 3.8) is 0 Å². The Hall–Kier alpha value is -1.95. The van der Waals surface area contributed by atoms with Crippen LogP contribution in [0.3, 0.4) is 0 Å². The highest BCUT2D eigenvalue weighted by Gasteiger charge is 2.21. The van der Waals surface area contributed by atoms with E-state index in [4.69, 9.17) is 26.8 Å². The zero-order chi connectivity index (χ0) is 22.2. The predicted molar refractivity (Wildman–Crippen MR) is 134 cm³/mol. The summed E-state index contributed by atoms with van der Waals surface area (Å²) in [6.07, 6.45) is 5.96. The van der Waals surface area contributed by atoms with Crippen LogP contribution in [0.2, 0.25) is 5.02 Å². The monoisotopic (exact) mass is 480 g/mol. The molecule has 2 N–H and O–H groups in total.